The molecule has 33 heavy (non-hydrogen) atoms. The van der Waals surface area contributed by atoms with Gasteiger partial charge in [0.15, 0.2) is 0 Å². The SMILES string of the molecule is C[C@@H]1COCCN1c1cc(-c2cccc(N3CC=CC3=O)c2)c(C=N)c(Nc2ccn[nH]2)n1. The van der Waals surface area contributed by atoms with Crippen molar-refractivity contribution in [3.05, 3.63) is 60.3 Å². The second-order valence-electron chi connectivity index (χ2n) is 8.05. The van der Waals surface area contributed by atoms with E-state index in [-0.39, 0.29) is 11.9 Å². The Hall–Kier alpha value is -3.98. The summed E-state index contributed by atoms with van der Waals surface area (Å²) in [6.07, 6.45) is 6.41. The zero-order valence-corrected chi connectivity index (χ0v) is 18.3. The Bertz CT molecular complexity index is 1210. The maximum atomic E-state index is 12.2. The molecule has 9 nitrogen and oxygen atoms in total. The second kappa shape index (κ2) is 8.87. The fourth-order valence-electron chi connectivity index (χ4n) is 4.20. The average Bonchev–Trinajstić information content (AvgIpc) is 3.50. The van der Waals surface area contributed by atoms with Gasteiger partial charge in [0.2, 0.25) is 0 Å². The lowest BCUT2D eigenvalue weighted by Gasteiger charge is -2.35. The molecule has 0 aliphatic carbocycles. The van der Waals surface area contributed by atoms with Crippen molar-refractivity contribution >= 4 is 35.3 Å². The summed E-state index contributed by atoms with van der Waals surface area (Å²) in [4.78, 5) is 21.1. The number of carbonyl (C=O) groups is 1. The van der Waals surface area contributed by atoms with Gasteiger partial charge in [-0.25, -0.2) is 4.98 Å². The minimum absolute atomic E-state index is 0.0291. The van der Waals surface area contributed by atoms with Crippen molar-refractivity contribution in [3.63, 3.8) is 0 Å². The third-order valence-corrected chi connectivity index (χ3v) is 5.89. The molecule has 4 heterocycles. The summed E-state index contributed by atoms with van der Waals surface area (Å²) in [7, 11) is 0. The van der Waals surface area contributed by atoms with E-state index in [0.29, 0.717) is 37.0 Å². The summed E-state index contributed by atoms with van der Waals surface area (Å²) in [5, 5.41) is 18.3. The number of aromatic nitrogens is 3. The Morgan fingerprint density at radius 2 is 2.21 bits per heavy atom. The fourth-order valence-corrected chi connectivity index (χ4v) is 4.20. The maximum Gasteiger partial charge on any atom is 0.251 e. The average molecular weight is 444 g/mol. The van der Waals surface area contributed by atoms with Crippen LogP contribution in [-0.4, -0.2) is 59.6 Å². The number of aromatic amines is 1. The van der Waals surface area contributed by atoms with Gasteiger partial charge in [0.1, 0.15) is 17.5 Å². The van der Waals surface area contributed by atoms with E-state index in [0.717, 1.165) is 29.2 Å². The summed E-state index contributed by atoms with van der Waals surface area (Å²) >= 11 is 0. The van der Waals surface area contributed by atoms with Crippen LogP contribution in [0.15, 0.2) is 54.7 Å². The number of morpholine rings is 1. The highest BCUT2D eigenvalue weighted by molar-refractivity contribution is 6.04. The van der Waals surface area contributed by atoms with Gasteiger partial charge >= 0.3 is 0 Å². The molecule has 5 rings (SSSR count). The summed E-state index contributed by atoms with van der Waals surface area (Å²) < 4.78 is 5.61. The lowest BCUT2D eigenvalue weighted by atomic mass is 9.99. The Balaban J connectivity index is 1.63. The third kappa shape index (κ3) is 4.10. The van der Waals surface area contributed by atoms with Crippen LogP contribution < -0.4 is 15.1 Å². The Kier molecular flexibility index (Phi) is 5.62. The summed E-state index contributed by atoms with van der Waals surface area (Å²) in [5.74, 6) is 2.02. The minimum atomic E-state index is -0.0291. The van der Waals surface area contributed by atoms with Gasteiger partial charge in [-0.1, -0.05) is 18.2 Å². The van der Waals surface area contributed by atoms with E-state index in [4.69, 9.17) is 15.1 Å². The first-order chi connectivity index (χ1) is 16.1. The monoisotopic (exact) mass is 443 g/mol. The minimum Gasteiger partial charge on any atom is -0.377 e. The summed E-state index contributed by atoms with van der Waals surface area (Å²) in [6, 6.07) is 11.8. The number of hydrogen-bond acceptors (Lipinski definition) is 7. The van der Waals surface area contributed by atoms with Crippen LogP contribution in [0.2, 0.25) is 0 Å². The number of nitrogens with zero attached hydrogens (tertiary/aromatic N) is 4. The summed E-state index contributed by atoms with van der Waals surface area (Å²) in [6.45, 7) is 4.66. The molecule has 1 aromatic carbocycles. The quantitative estimate of drug-likeness (QED) is 0.504. The first-order valence-electron chi connectivity index (χ1n) is 10.9. The molecule has 0 spiro atoms. The number of carbonyl (C=O) groups excluding carboxylic acids is 1. The van der Waals surface area contributed by atoms with Gasteiger partial charge in [-0.3, -0.25) is 9.89 Å². The molecule has 1 amide bonds. The molecule has 168 valence electrons. The highest BCUT2D eigenvalue weighted by Crippen LogP contribution is 2.35. The number of anilines is 4. The van der Waals surface area contributed by atoms with Gasteiger partial charge in [0.05, 0.1) is 25.5 Å². The number of ether oxygens (including phenoxy) is 1. The number of benzene rings is 1. The van der Waals surface area contributed by atoms with Crippen LogP contribution in [0.3, 0.4) is 0 Å². The molecule has 1 fully saturated rings. The molecule has 0 saturated carbocycles. The van der Waals surface area contributed by atoms with Gasteiger partial charge in [0, 0.05) is 42.7 Å². The van der Waals surface area contributed by atoms with Gasteiger partial charge in [-0.15, -0.1) is 0 Å². The van der Waals surface area contributed by atoms with Gasteiger partial charge in [0.25, 0.3) is 5.91 Å². The van der Waals surface area contributed by atoms with E-state index in [9.17, 15) is 4.79 Å². The van der Waals surface area contributed by atoms with Crippen LogP contribution in [0.5, 0.6) is 0 Å². The standard InChI is InChI=1S/C24H25N7O2/c1-16-15-33-11-10-30(16)22-13-19(20(14-25)24(28-22)27-21-7-8-26-29-21)17-4-2-5-18(12-17)31-9-3-6-23(31)32/h2-8,12-14,16,25H,9-11,15H2,1H3,(H2,26,27,28,29)/t16-/m1/s1. The van der Waals surface area contributed by atoms with Crippen molar-refractivity contribution in [2.24, 2.45) is 0 Å². The number of nitrogens with one attached hydrogen (secondary N) is 3. The molecule has 2 aliphatic heterocycles. The van der Waals surface area contributed by atoms with Crippen molar-refractivity contribution < 1.29 is 9.53 Å². The molecule has 1 atom stereocenters. The van der Waals surface area contributed by atoms with E-state index in [1.54, 1.807) is 17.2 Å². The van der Waals surface area contributed by atoms with E-state index < -0.39 is 0 Å². The number of rotatable bonds is 6. The van der Waals surface area contributed by atoms with Crippen molar-refractivity contribution in [2.45, 2.75) is 13.0 Å². The normalized spacial score (nSPS) is 18.1. The number of hydrogen-bond donors (Lipinski definition) is 3. The van der Waals surface area contributed by atoms with E-state index in [1.807, 2.05) is 42.5 Å². The van der Waals surface area contributed by atoms with Crippen LogP contribution in [-0.2, 0) is 9.53 Å². The first-order valence-corrected chi connectivity index (χ1v) is 10.9. The van der Waals surface area contributed by atoms with E-state index in [2.05, 4.69) is 27.3 Å². The predicted octanol–water partition coefficient (Wildman–Crippen LogP) is 3.34. The van der Waals surface area contributed by atoms with Crippen molar-refractivity contribution in [2.75, 3.05) is 41.4 Å². The molecular formula is C24H25N7O2. The zero-order valence-electron chi connectivity index (χ0n) is 18.3. The third-order valence-electron chi connectivity index (χ3n) is 5.89. The van der Waals surface area contributed by atoms with Crippen molar-refractivity contribution in [3.8, 4) is 11.1 Å². The zero-order chi connectivity index (χ0) is 22.8. The molecule has 2 aromatic heterocycles. The van der Waals surface area contributed by atoms with Crippen LogP contribution >= 0.6 is 0 Å². The molecule has 9 heteroatoms. The van der Waals surface area contributed by atoms with E-state index >= 15 is 0 Å². The largest absolute Gasteiger partial charge is 0.377 e. The molecule has 0 radical (unpaired) electrons. The molecule has 1 saturated heterocycles. The maximum absolute atomic E-state index is 12.2. The van der Waals surface area contributed by atoms with Crippen molar-refractivity contribution in [1.82, 2.24) is 15.2 Å². The topological polar surface area (TPSA) is 110 Å². The Labute approximate surface area is 191 Å². The summed E-state index contributed by atoms with van der Waals surface area (Å²) in [5.41, 5.74) is 3.23. The van der Waals surface area contributed by atoms with Gasteiger partial charge in [-0.05, 0) is 36.2 Å². The predicted molar refractivity (Wildman–Crippen MR) is 129 cm³/mol. The van der Waals surface area contributed by atoms with Gasteiger partial charge < -0.3 is 25.3 Å². The molecule has 0 unspecified atom stereocenters. The highest BCUT2D eigenvalue weighted by atomic mass is 16.5. The van der Waals surface area contributed by atoms with Gasteiger partial charge in [-0.2, -0.15) is 5.10 Å². The number of H-pyrrole nitrogens is 1. The smallest absolute Gasteiger partial charge is 0.251 e. The Morgan fingerprint density at radius 1 is 1.30 bits per heavy atom. The lowest BCUT2D eigenvalue weighted by Crippen LogP contribution is -2.44. The molecule has 0 bridgehead atoms. The lowest BCUT2D eigenvalue weighted by molar-refractivity contribution is -0.113. The van der Waals surface area contributed by atoms with Crippen LogP contribution in [0.25, 0.3) is 11.1 Å². The van der Waals surface area contributed by atoms with Crippen LogP contribution in [0.4, 0.5) is 23.1 Å². The van der Waals surface area contributed by atoms with E-state index in [1.165, 1.54) is 6.21 Å². The molecular weight excluding hydrogens is 418 g/mol. The molecule has 3 N–H and O–H groups in total. The second-order valence-corrected chi connectivity index (χ2v) is 8.05. The molecule has 3 aromatic rings. The fraction of sp³-hybridized carbons (Fsp3) is 0.250. The molecule has 2 aliphatic rings. The number of pyridine rings is 1. The van der Waals surface area contributed by atoms with Crippen LogP contribution in [0.1, 0.15) is 12.5 Å². The highest BCUT2D eigenvalue weighted by Gasteiger charge is 2.24. The number of amides is 1. The first kappa shape index (κ1) is 20.9. The van der Waals surface area contributed by atoms with Crippen molar-refractivity contribution in [1.29, 1.82) is 5.41 Å². The Morgan fingerprint density at radius 3 is 2.94 bits per heavy atom. The van der Waals surface area contributed by atoms with Crippen LogP contribution in [0, 0.1) is 5.41 Å².